The molecule has 2 atom stereocenters. The van der Waals surface area contributed by atoms with Crippen LogP contribution in [0.3, 0.4) is 0 Å². The van der Waals surface area contributed by atoms with Crippen molar-refractivity contribution in [1.82, 2.24) is 0 Å². The highest BCUT2D eigenvalue weighted by atomic mass is 16.2. The number of rotatable bonds is 2. The summed E-state index contributed by atoms with van der Waals surface area (Å²) >= 11 is 0. The number of benzene rings is 1. The van der Waals surface area contributed by atoms with Crippen molar-refractivity contribution in [2.45, 2.75) is 19.3 Å². The van der Waals surface area contributed by atoms with Gasteiger partial charge < -0.3 is 10.4 Å². The number of aliphatic hydroxyl groups excluding tert-OH is 1. The van der Waals surface area contributed by atoms with E-state index in [-0.39, 0.29) is 18.4 Å². The number of hydrogen-bond donors (Lipinski definition) is 2. The van der Waals surface area contributed by atoms with Gasteiger partial charge in [0.2, 0.25) is 5.91 Å². The van der Waals surface area contributed by atoms with Crippen LogP contribution in [0.2, 0.25) is 0 Å². The fourth-order valence-electron chi connectivity index (χ4n) is 3.26. The van der Waals surface area contributed by atoms with Gasteiger partial charge in [-0.2, -0.15) is 0 Å². The lowest BCUT2D eigenvalue weighted by molar-refractivity contribution is -0.118. The predicted octanol–water partition coefficient (Wildman–Crippen LogP) is 2.01. The average molecular weight is 255 g/mol. The maximum Gasteiger partial charge on any atom is 0.228 e. The summed E-state index contributed by atoms with van der Waals surface area (Å²) in [6.45, 7) is -0.172. The number of amides is 1. The molecule has 19 heavy (non-hydrogen) atoms. The number of aliphatic hydroxyl groups is 1. The Labute approximate surface area is 113 Å². The van der Waals surface area contributed by atoms with Gasteiger partial charge in [0.1, 0.15) is 6.61 Å². The zero-order valence-electron chi connectivity index (χ0n) is 10.7. The third kappa shape index (κ3) is 2.36. The molecule has 3 heteroatoms. The molecule has 0 radical (unpaired) electrons. The molecule has 1 aromatic carbocycles. The van der Waals surface area contributed by atoms with Crippen LogP contribution < -0.4 is 5.32 Å². The van der Waals surface area contributed by atoms with Gasteiger partial charge in [-0.1, -0.05) is 30.4 Å². The van der Waals surface area contributed by atoms with Gasteiger partial charge in [0.25, 0.3) is 0 Å². The Morgan fingerprint density at radius 1 is 1.32 bits per heavy atom. The highest BCUT2D eigenvalue weighted by molar-refractivity contribution is 5.96. The molecule has 0 heterocycles. The van der Waals surface area contributed by atoms with E-state index in [1.807, 2.05) is 24.3 Å². The number of hydrogen-bond acceptors (Lipinski definition) is 2. The van der Waals surface area contributed by atoms with E-state index in [9.17, 15) is 4.79 Å². The molecule has 0 aliphatic heterocycles. The molecule has 0 bridgehead atoms. The molecule has 3 nitrogen and oxygen atoms in total. The summed E-state index contributed by atoms with van der Waals surface area (Å²) in [7, 11) is 0. The molecule has 1 amide bonds. The average Bonchev–Trinajstić information content (AvgIpc) is 2.92. The Morgan fingerprint density at radius 2 is 2.05 bits per heavy atom. The molecular weight excluding hydrogens is 238 g/mol. The molecule has 3 rings (SSSR count). The minimum atomic E-state index is -0.172. The monoisotopic (exact) mass is 255 g/mol. The Morgan fingerprint density at radius 3 is 2.79 bits per heavy atom. The Bertz CT molecular complexity index is 545. The van der Waals surface area contributed by atoms with Crippen LogP contribution in [0.15, 0.2) is 24.3 Å². The summed E-state index contributed by atoms with van der Waals surface area (Å²) in [5.74, 6) is 7.07. The third-order valence-electron chi connectivity index (χ3n) is 4.20. The minimum Gasteiger partial charge on any atom is -0.384 e. The summed E-state index contributed by atoms with van der Waals surface area (Å²) in [5, 5.41) is 11.7. The van der Waals surface area contributed by atoms with Crippen LogP contribution in [0.25, 0.3) is 0 Å². The molecule has 2 fully saturated rings. The molecule has 2 aliphatic carbocycles. The van der Waals surface area contributed by atoms with Crippen molar-refractivity contribution in [3.63, 3.8) is 0 Å². The number of anilines is 1. The maximum atomic E-state index is 12.2. The summed E-state index contributed by atoms with van der Waals surface area (Å²) < 4.78 is 0. The second-order valence-electron chi connectivity index (χ2n) is 5.28. The Kier molecular flexibility index (Phi) is 3.27. The van der Waals surface area contributed by atoms with Gasteiger partial charge in [0.15, 0.2) is 0 Å². The van der Waals surface area contributed by atoms with Gasteiger partial charge >= 0.3 is 0 Å². The predicted molar refractivity (Wildman–Crippen MR) is 73.4 cm³/mol. The summed E-state index contributed by atoms with van der Waals surface area (Å²) in [6.07, 6.45) is 3.68. The summed E-state index contributed by atoms with van der Waals surface area (Å²) in [6, 6.07) is 7.47. The van der Waals surface area contributed by atoms with Crippen LogP contribution >= 0.6 is 0 Å². The first-order valence-corrected chi connectivity index (χ1v) is 6.81. The fraction of sp³-hybridized carbons (Fsp3) is 0.438. The molecule has 2 N–H and O–H groups in total. The number of carbonyl (C=O) groups is 1. The van der Waals surface area contributed by atoms with E-state index < -0.39 is 0 Å². The Hall–Kier alpha value is -1.79. The van der Waals surface area contributed by atoms with Crippen molar-refractivity contribution in [2.24, 2.45) is 17.8 Å². The lowest BCUT2D eigenvalue weighted by Crippen LogP contribution is -2.17. The zero-order valence-corrected chi connectivity index (χ0v) is 10.7. The highest BCUT2D eigenvalue weighted by Gasteiger charge is 2.56. The first kappa shape index (κ1) is 12.3. The quantitative estimate of drug-likeness (QED) is 0.794. The minimum absolute atomic E-state index is 0.132. The lowest BCUT2D eigenvalue weighted by Gasteiger charge is -2.08. The molecule has 2 aliphatic rings. The van der Waals surface area contributed by atoms with Crippen LogP contribution in [0, 0.1) is 29.6 Å². The first-order valence-electron chi connectivity index (χ1n) is 6.81. The van der Waals surface area contributed by atoms with Crippen molar-refractivity contribution >= 4 is 11.6 Å². The SMILES string of the molecule is O=C(Nc1ccccc1C#CCO)C1C2CCCC21. The van der Waals surface area contributed by atoms with Gasteiger partial charge in [-0.05, 0) is 36.8 Å². The van der Waals surface area contributed by atoms with E-state index in [0.29, 0.717) is 11.8 Å². The van der Waals surface area contributed by atoms with E-state index >= 15 is 0 Å². The summed E-state index contributed by atoms with van der Waals surface area (Å²) in [5.41, 5.74) is 1.51. The maximum absolute atomic E-state index is 12.2. The second-order valence-corrected chi connectivity index (χ2v) is 5.28. The van der Waals surface area contributed by atoms with Gasteiger partial charge in [-0.15, -0.1) is 0 Å². The zero-order chi connectivity index (χ0) is 13.2. The lowest BCUT2D eigenvalue weighted by atomic mass is 10.1. The van der Waals surface area contributed by atoms with Crippen molar-refractivity contribution in [2.75, 3.05) is 11.9 Å². The van der Waals surface area contributed by atoms with Crippen LogP contribution in [0.5, 0.6) is 0 Å². The number of para-hydroxylation sites is 1. The third-order valence-corrected chi connectivity index (χ3v) is 4.20. The van der Waals surface area contributed by atoms with E-state index in [1.54, 1.807) is 0 Å². The molecule has 2 saturated carbocycles. The molecule has 0 spiro atoms. The Balaban J connectivity index is 1.71. The van der Waals surface area contributed by atoms with Crippen molar-refractivity contribution in [3.05, 3.63) is 29.8 Å². The van der Waals surface area contributed by atoms with Gasteiger partial charge in [-0.3, -0.25) is 4.79 Å². The highest BCUT2D eigenvalue weighted by Crippen LogP contribution is 2.57. The normalized spacial score (nSPS) is 27.1. The van der Waals surface area contributed by atoms with Crippen LogP contribution in [0.1, 0.15) is 24.8 Å². The topological polar surface area (TPSA) is 49.3 Å². The fourth-order valence-corrected chi connectivity index (χ4v) is 3.26. The van der Waals surface area contributed by atoms with Crippen LogP contribution in [-0.2, 0) is 4.79 Å². The standard InChI is InChI=1S/C16H17NO2/c18-10-4-6-11-5-1-2-9-14(11)17-16(19)15-12-7-3-8-13(12)15/h1-2,5,9,12-13,15,18H,3,7-8,10H2,(H,17,19). The first-order chi connectivity index (χ1) is 9.31. The molecule has 0 aromatic heterocycles. The van der Waals surface area contributed by atoms with E-state index in [2.05, 4.69) is 17.2 Å². The summed E-state index contributed by atoms with van der Waals surface area (Å²) in [4.78, 5) is 12.2. The van der Waals surface area contributed by atoms with Crippen LogP contribution in [0.4, 0.5) is 5.69 Å². The molecule has 2 unspecified atom stereocenters. The van der Waals surface area contributed by atoms with Crippen molar-refractivity contribution in [3.8, 4) is 11.8 Å². The van der Waals surface area contributed by atoms with E-state index in [4.69, 9.17) is 5.11 Å². The van der Waals surface area contributed by atoms with Gasteiger partial charge in [0, 0.05) is 11.5 Å². The van der Waals surface area contributed by atoms with Crippen LogP contribution in [-0.4, -0.2) is 17.6 Å². The largest absolute Gasteiger partial charge is 0.384 e. The molecule has 0 saturated heterocycles. The van der Waals surface area contributed by atoms with Gasteiger partial charge in [-0.25, -0.2) is 0 Å². The number of carbonyl (C=O) groups excluding carboxylic acids is 1. The molecule has 98 valence electrons. The van der Waals surface area contributed by atoms with Crippen molar-refractivity contribution < 1.29 is 9.90 Å². The van der Waals surface area contributed by atoms with Crippen molar-refractivity contribution in [1.29, 1.82) is 0 Å². The number of nitrogens with one attached hydrogen (secondary N) is 1. The molecule has 1 aromatic rings. The van der Waals surface area contributed by atoms with E-state index in [1.165, 1.54) is 19.3 Å². The number of fused-ring (bicyclic) bond motifs is 1. The van der Waals surface area contributed by atoms with E-state index in [0.717, 1.165) is 11.3 Å². The second kappa shape index (κ2) is 5.07. The van der Waals surface area contributed by atoms with Gasteiger partial charge in [0.05, 0.1) is 5.69 Å². The molecular formula is C16H17NO2. The smallest absolute Gasteiger partial charge is 0.228 e.